The molecule has 0 fully saturated rings. The van der Waals surface area contributed by atoms with Crippen molar-refractivity contribution in [2.45, 2.75) is 0 Å². The third kappa shape index (κ3) is 2.91. The van der Waals surface area contributed by atoms with E-state index in [0.29, 0.717) is 10.5 Å². The van der Waals surface area contributed by atoms with Crippen molar-refractivity contribution in [3.8, 4) is 0 Å². The first-order valence-corrected chi connectivity index (χ1v) is 6.96. The highest BCUT2D eigenvalue weighted by molar-refractivity contribution is 7.71. The maximum atomic E-state index is 10.8. The predicted octanol–water partition coefficient (Wildman–Crippen LogP) is 4.37. The van der Waals surface area contributed by atoms with Gasteiger partial charge in [-0.2, -0.15) is 0 Å². The SMILES string of the molecule is O=[N+]([O-])c1cccc(/C=C/c2nc(=S)c3ccccc3[nH]2)c1. The summed E-state index contributed by atoms with van der Waals surface area (Å²) in [5.74, 6) is 0.607. The van der Waals surface area contributed by atoms with Crippen LogP contribution in [0.25, 0.3) is 23.1 Å². The van der Waals surface area contributed by atoms with E-state index in [9.17, 15) is 10.1 Å². The standard InChI is InChI=1S/C16H11N3O2S/c20-19(21)12-5-3-4-11(10-12)8-9-15-17-14-7-2-1-6-13(14)16(22)18-15/h1-10H,(H,17,18,22)/b9-8+. The lowest BCUT2D eigenvalue weighted by atomic mass is 10.2. The van der Waals surface area contributed by atoms with E-state index < -0.39 is 4.92 Å². The number of nitro groups is 1. The third-order valence-electron chi connectivity index (χ3n) is 3.16. The molecule has 0 saturated heterocycles. The summed E-state index contributed by atoms with van der Waals surface area (Å²) >= 11 is 5.27. The first kappa shape index (κ1) is 14.1. The van der Waals surface area contributed by atoms with Crippen LogP contribution in [0.3, 0.4) is 0 Å². The van der Waals surface area contributed by atoms with Crippen LogP contribution in [0.15, 0.2) is 48.5 Å². The second-order valence-corrected chi connectivity index (χ2v) is 5.04. The maximum Gasteiger partial charge on any atom is 0.270 e. The van der Waals surface area contributed by atoms with E-state index in [2.05, 4.69) is 9.97 Å². The Balaban J connectivity index is 1.97. The average Bonchev–Trinajstić information content (AvgIpc) is 2.53. The largest absolute Gasteiger partial charge is 0.340 e. The molecule has 1 N–H and O–H groups in total. The van der Waals surface area contributed by atoms with Crippen LogP contribution in [0.5, 0.6) is 0 Å². The Morgan fingerprint density at radius 1 is 1.14 bits per heavy atom. The van der Waals surface area contributed by atoms with Crippen molar-refractivity contribution in [3.05, 3.63) is 74.7 Å². The summed E-state index contributed by atoms with van der Waals surface area (Å²) in [6, 6.07) is 14.1. The number of aromatic nitrogens is 2. The number of nitro benzene ring substituents is 1. The van der Waals surface area contributed by atoms with Crippen molar-refractivity contribution < 1.29 is 4.92 Å². The van der Waals surface area contributed by atoms with Gasteiger partial charge in [-0.05, 0) is 23.8 Å². The van der Waals surface area contributed by atoms with Gasteiger partial charge in [-0.25, -0.2) is 4.98 Å². The van der Waals surface area contributed by atoms with Crippen LogP contribution in [0.4, 0.5) is 5.69 Å². The molecular weight excluding hydrogens is 298 g/mol. The second-order valence-electron chi connectivity index (χ2n) is 4.66. The fourth-order valence-electron chi connectivity index (χ4n) is 2.11. The van der Waals surface area contributed by atoms with Gasteiger partial charge in [0.25, 0.3) is 5.69 Å². The summed E-state index contributed by atoms with van der Waals surface area (Å²) in [5, 5.41) is 11.7. The van der Waals surface area contributed by atoms with Gasteiger partial charge in [0, 0.05) is 23.0 Å². The quantitative estimate of drug-likeness (QED) is 0.443. The zero-order valence-electron chi connectivity index (χ0n) is 11.4. The number of H-pyrrole nitrogens is 1. The Morgan fingerprint density at radius 2 is 1.95 bits per heavy atom. The van der Waals surface area contributed by atoms with Crippen molar-refractivity contribution >= 4 is 41.0 Å². The normalized spacial score (nSPS) is 11.1. The molecule has 0 amide bonds. The van der Waals surface area contributed by atoms with Gasteiger partial charge >= 0.3 is 0 Å². The topological polar surface area (TPSA) is 71.8 Å². The fourth-order valence-corrected chi connectivity index (χ4v) is 2.39. The van der Waals surface area contributed by atoms with Crippen LogP contribution >= 0.6 is 12.2 Å². The number of nitrogens with one attached hydrogen (secondary N) is 1. The van der Waals surface area contributed by atoms with Crippen molar-refractivity contribution in [2.24, 2.45) is 0 Å². The van der Waals surface area contributed by atoms with E-state index in [0.717, 1.165) is 16.5 Å². The molecule has 3 aromatic rings. The molecule has 1 heterocycles. The zero-order chi connectivity index (χ0) is 15.5. The number of rotatable bonds is 3. The van der Waals surface area contributed by atoms with Gasteiger partial charge in [-0.15, -0.1) is 0 Å². The lowest BCUT2D eigenvalue weighted by molar-refractivity contribution is -0.384. The van der Waals surface area contributed by atoms with E-state index in [1.807, 2.05) is 24.3 Å². The molecule has 0 aliphatic rings. The molecule has 1 aromatic heterocycles. The van der Waals surface area contributed by atoms with Gasteiger partial charge in [0.05, 0.1) is 4.92 Å². The molecule has 0 aliphatic carbocycles. The minimum atomic E-state index is -0.418. The summed E-state index contributed by atoms with van der Waals surface area (Å²) in [6.45, 7) is 0. The number of hydrogen-bond acceptors (Lipinski definition) is 4. The summed E-state index contributed by atoms with van der Waals surface area (Å²) in [5.41, 5.74) is 1.69. The lowest BCUT2D eigenvalue weighted by Gasteiger charge is -2.00. The maximum absolute atomic E-state index is 10.8. The van der Waals surface area contributed by atoms with Crippen LogP contribution in [-0.4, -0.2) is 14.9 Å². The summed E-state index contributed by atoms with van der Waals surface area (Å²) in [7, 11) is 0. The van der Waals surface area contributed by atoms with Gasteiger partial charge in [0.15, 0.2) is 0 Å². The lowest BCUT2D eigenvalue weighted by Crippen LogP contribution is -1.90. The van der Waals surface area contributed by atoms with E-state index in [1.54, 1.807) is 24.3 Å². The van der Waals surface area contributed by atoms with Gasteiger partial charge in [-0.1, -0.05) is 42.6 Å². The predicted molar refractivity (Wildman–Crippen MR) is 89.0 cm³/mol. The molecule has 6 heteroatoms. The van der Waals surface area contributed by atoms with Crippen LogP contribution in [-0.2, 0) is 0 Å². The molecule has 108 valence electrons. The number of fused-ring (bicyclic) bond motifs is 1. The van der Waals surface area contributed by atoms with E-state index in [4.69, 9.17) is 12.2 Å². The summed E-state index contributed by atoms with van der Waals surface area (Å²) in [6.07, 6.45) is 3.51. The molecule has 3 rings (SSSR count). The summed E-state index contributed by atoms with van der Waals surface area (Å²) < 4.78 is 0.521. The first-order valence-electron chi connectivity index (χ1n) is 6.55. The third-order valence-corrected chi connectivity index (χ3v) is 3.47. The molecule has 5 nitrogen and oxygen atoms in total. The Bertz CT molecular complexity index is 947. The number of nitrogens with zero attached hydrogens (tertiary/aromatic N) is 2. The highest BCUT2D eigenvalue weighted by Gasteiger charge is 2.04. The van der Waals surface area contributed by atoms with Gasteiger partial charge in [0.1, 0.15) is 10.5 Å². The molecule has 22 heavy (non-hydrogen) atoms. The van der Waals surface area contributed by atoms with Crippen LogP contribution in [0, 0.1) is 14.8 Å². The van der Waals surface area contributed by atoms with Crippen molar-refractivity contribution in [2.75, 3.05) is 0 Å². The van der Waals surface area contributed by atoms with Crippen molar-refractivity contribution in [3.63, 3.8) is 0 Å². The number of non-ortho nitro benzene ring substituents is 1. The van der Waals surface area contributed by atoms with Crippen LogP contribution < -0.4 is 0 Å². The van der Waals surface area contributed by atoms with Crippen LogP contribution in [0.2, 0.25) is 0 Å². The second kappa shape index (κ2) is 5.87. The molecule has 0 radical (unpaired) electrons. The van der Waals surface area contributed by atoms with E-state index in [-0.39, 0.29) is 5.69 Å². The average molecular weight is 309 g/mol. The Hall–Kier alpha value is -2.86. The Labute approximate surface area is 131 Å². The Morgan fingerprint density at radius 3 is 2.77 bits per heavy atom. The van der Waals surface area contributed by atoms with Gasteiger partial charge < -0.3 is 4.98 Å². The minimum absolute atomic E-state index is 0.0570. The van der Waals surface area contributed by atoms with E-state index in [1.165, 1.54) is 12.1 Å². The first-order chi connectivity index (χ1) is 10.6. The molecule has 0 saturated carbocycles. The molecule has 0 aliphatic heterocycles. The highest BCUT2D eigenvalue weighted by Crippen LogP contribution is 2.16. The molecule has 0 atom stereocenters. The molecule has 0 unspecified atom stereocenters. The van der Waals surface area contributed by atoms with Gasteiger partial charge in [-0.3, -0.25) is 10.1 Å². The van der Waals surface area contributed by atoms with Crippen molar-refractivity contribution in [1.29, 1.82) is 0 Å². The molecule has 0 bridgehead atoms. The monoisotopic (exact) mass is 309 g/mol. The van der Waals surface area contributed by atoms with Crippen molar-refractivity contribution in [1.82, 2.24) is 9.97 Å². The number of hydrogen-bond donors (Lipinski definition) is 1. The molecular formula is C16H11N3O2S. The van der Waals surface area contributed by atoms with E-state index >= 15 is 0 Å². The number of benzene rings is 2. The number of aromatic amines is 1. The molecule has 2 aromatic carbocycles. The fraction of sp³-hybridized carbons (Fsp3) is 0. The minimum Gasteiger partial charge on any atom is -0.340 e. The summed E-state index contributed by atoms with van der Waals surface area (Å²) in [4.78, 5) is 17.8. The smallest absolute Gasteiger partial charge is 0.270 e. The number of para-hydroxylation sites is 1. The highest BCUT2D eigenvalue weighted by atomic mass is 32.1. The van der Waals surface area contributed by atoms with Gasteiger partial charge in [0.2, 0.25) is 0 Å². The Kier molecular flexibility index (Phi) is 3.76. The van der Waals surface area contributed by atoms with Crippen LogP contribution in [0.1, 0.15) is 11.4 Å². The zero-order valence-corrected chi connectivity index (χ0v) is 12.2. The molecule has 0 spiro atoms.